The first-order chi connectivity index (χ1) is 11.6. The van der Waals surface area contributed by atoms with Gasteiger partial charge in [0.15, 0.2) is 0 Å². The van der Waals surface area contributed by atoms with Crippen LogP contribution in [-0.4, -0.2) is 63.6 Å². The number of hydrogen-bond donors (Lipinski definition) is 1. The second kappa shape index (κ2) is 10.7. The molecule has 2 bridgehead atoms. The number of rotatable bonds is 12. The van der Waals surface area contributed by atoms with E-state index in [-0.39, 0.29) is 12.2 Å². The number of aliphatic hydroxyl groups excluding tert-OH is 1. The molecular formula is C19H36O5. The van der Waals surface area contributed by atoms with Crippen LogP contribution in [0.3, 0.4) is 0 Å². The minimum atomic E-state index is 0.0532. The molecule has 0 heterocycles. The van der Waals surface area contributed by atoms with Gasteiger partial charge in [-0.1, -0.05) is 6.92 Å². The van der Waals surface area contributed by atoms with Crippen molar-refractivity contribution >= 4 is 0 Å². The van der Waals surface area contributed by atoms with Gasteiger partial charge in [0, 0.05) is 0 Å². The molecule has 0 aromatic heterocycles. The Morgan fingerprint density at radius 2 is 1.29 bits per heavy atom. The minimum absolute atomic E-state index is 0.0532. The highest BCUT2D eigenvalue weighted by atomic mass is 16.6. The summed E-state index contributed by atoms with van der Waals surface area (Å²) in [4.78, 5) is 0. The third kappa shape index (κ3) is 7.36. The van der Waals surface area contributed by atoms with Crippen LogP contribution in [0, 0.1) is 17.8 Å². The lowest BCUT2D eigenvalue weighted by Crippen LogP contribution is -2.43. The van der Waals surface area contributed by atoms with Gasteiger partial charge in [-0.2, -0.15) is 0 Å². The number of aliphatic hydroxyl groups is 1. The standard InChI is InChI=1S/C19H36O5/c1-16-11-17-13-18(12-16)15-19(2,14-17)24-10-9-23-8-7-22-6-5-21-4-3-20/h16-18,20H,3-15H2,1-2H3. The zero-order valence-electron chi connectivity index (χ0n) is 15.5. The molecule has 5 heteroatoms. The minimum Gasteiger partial charge on any atom is -0.394 e. The first-order valence-corrected chi connectivity index (χ1v) is 9.59. The highest BCUT2D eigenvalue weighted by molar-refractivity contribution is 4.92. The summed E-state index contributed by atoms with van der Waals surface area (Å²) in [6.07, 6.45) is 6.60. The van der Waals surface area contributed by atoms with Crippen LogP contribution < -0.4 is 0 Å². The molecule has 24 heavy (non-hydrogen) atoms. The van der Waals surface area contributed by atoms with E-state index in [0.29, 0.717) is 46.2 Å². The maximum absolute atomic E-state index is 8.56. The van der Waals surface area contributed by atoms with E-state index in [1.54, 1.807) is 0 Å². The molecule has 2 aliphatic carbocycles. The van der Waals surface area contributed by atoms with E-state index in [2.05, 4.69) is 13.8 Å². The molecule has 2 rings (SSSR count). The Balaban J connectivity index is 1.46. The van der Waals surface area contributed by atoms with Gasteiger partial charge in [0.1, 0.15) is 0 Å². The topological polar surface area (TPSA) is 57.2 Å². The number of fused-ring (bicyclic) bond motifs is 2. The van der Waals surface area contributed by atoms with E-state index < -0.39 is 0 Å². The van der Waals surface area contributed by atoms with Crippen LogP contribution in [0.1, 0.15) is 46.0 Å². The highest BCUT2D eigenvalue weighted by Crippen LogP contribution is 2.47. The van der Waals surface area contributed by atoms with Crippen LogP contribution in [-0.2, 0) is 18.9 Å². The quantitative estimate of drug-likeness (QED) is 0.552. The lowest BCUT2D eigenvalue weighted by atomic mass is 9.64. The SMILES string of the molecule is CC1CC2CC(C1)CC(C)(OCCOCCOCCOCCO)C2. The number of hydrogen-bond acceptors (Lipinski definition) is 5. The smallest absolute Gasteiger partial charge is 0.0707 e. The van der Waals surface area contributed by atoms with Crippen molar-refractivity contribution in [1.29, 1.82) is 0 Å². The second-order valence-electron chi connectivity index (χ2n) is 7.81. The average Bonchev–Trinajstić information content (AvgIpc) is 2.51. The van der Waals surface area contributed by atoms with Crippen LogP contribution in [0.2, 0.25) is 0 Å². The molecule has 0 saturated heterocycles. The molecular weight excluding hydrogens is 308 g/mol. The van der Waals surface area contributed by atoms with Crippen LogP contribution in [0.15, 0.2) is 0 Å². The van der Waals surface area contributed by atoms with Crippen molar-refractivity contribution in [2.45, 2.75) is 51.6 Å². The first kappa shape index (κ1) is 20.1. The van der Waals surface area contributed by atoms with E-state index in [9.17, 15) is 0 Å². The van der Waals surface area contributed by atoms with Gasteiger partial charge in [0.05, 0.1) is 58.5 Å². The van der Waals surface area contributed by atoms with Gasteiger partial charge in [0.25, 0.3) is 0 Å². The van der Waals surface area contributed by atoms with Gasteiger partial charge in [-0.3, -0.25) is 0 Å². The Kier molecular flexibility index (Phi) is 8.98. The van der Waals surface area contributed by atoms with Gasteiger partial charge in [0.2, 0.25) is 0 Å². The summed E-state index contributed by atoms with van der Waals surface area (Å²) in [6, 6.07) is 0. The summed E-state index contributed by atoms with van der Waals surface area (Å²) in [5.41, 5.74) is 0.0532. The van der Waals surface area contributed by atoms with Gasteiger partial charge in [-0.25, -0.2) is 0 Å². The van der Waals surface area contributed by atoms with Crippen LogP contribution in [0.5, 0.6) is 0 Å². The third-order valence-electron chi connectivity index (χ3n) is 5.24. The second-order valence-corrected chi connectivity index (χ2v) is 7.81. The highest BCUT2D eigenvalue weighted by Gasteiger charge is 2.41. The monoisotopic (exact) mass is 344 g/mol. The Morgan fingerprint density at radius 3 is 1.83 bits per heavy atom. The van der Waals surface area contributed by atoms with E-state index in [1.165, 1.54) is 32.1 Å². The van der Waals surface area contributed by atoms with Crippen molar-refractivity contribution < 1.29 is 24.1 Å². The zero-order valence-corrected chi connectivity index (χ0v) is 15.5. The van der Waals surface area contributed by atoms with Gasteiger partial charge in [-0.05, 0) is 56.8 Å². The first-order valence-electron chi connectivity index (χ1n) is 9.59. The molecule has 5 nitrogen and oxygen atoms in total. The van der Waals surface area contributed by atoms with Crippen molar-refractivity contribution in [2.75, 3.05) is 52.9 Å². The zero-order chi connectivity index (χ0) is 17.3. The molecule has 2 aliphatic rings. The molecule has 0 aromatic carbocycles. The van der Waals surface area contributed by atoms with E-state index in [4.69, 9.17) is 24.1 Å². The van der Waals surface area contributed by atoms with Crippen LogP contribution in [0.25, 0.3) is 0 Å². The predicted octanol–water partition coefficient (Wildman–Crippen LogP) is 2.65. The normalized spacial score (nSPS) is 32.9. The molecule has 1 N–H and O–H groups in total. The lowest BCUT2D eigenvalue weighted by Gasteiger charge is -2.47. The molecule has 0 amide bonds. The van der Waals surface area contributed by atoms with Crippen LogP contribution >= 0.6 is 0 Å². The van der Waals surface area contributed by atoms with Crippen molar-refractivity contribution in [1.82, 2.24) is 0 Å². The molecule has 2 atom stereocenters. The van der Waals surface area contributed by atoms with Gasteiger partial charge >= 0.3 is 0 Å². The summed E-state index contributed by atoms with van der Waals surface area (Å²) in [6.45, 7) is 8.64. The maximum Gasteiger partial charge on any atom is 0.0707 e. The van der Waals surface area contributed by atoms with Crippen molar-refractivity contribution in [2.24, 2.45) is 17.8 Å². The fourth-order valence-corrected chi connectivity index (χ4v) is 4.61. The summed E-state index contributed by atoms with van der Waals surface area (Å²) in [5, 5.41) is 8.56. The Morgan fingerprint density at radius 1 is 0.792 bits per heavy atom. The molecule has 2 unspecified atom stereocenters. The molecule has 2 fully saturated rings. The van der Waals surface area contributed by atoms with Gasteiger partial charge in [-0.15, -0.1) is 0 Å². The molecule has 0 aliphatic heterocycles. The van der Waals surface area contributed by atoms with Crippen molar-refractivity contribution in [3.05, 3.63) is 0 Å². The largest absolute Gasteiger partial charge is 0.394 e. The Bertz CT molecular complexity index is 318. The summed E-state index contributed by atoms with van der Waals surface area (Å²) >= 11 is 0. The molecule has 2 saturated carbocycles. The fraction of sp³-hybridized carbons (Fsp3) is 1.00. The average molecular weight is 344 g/mol. The summed E-state index contributed by atoms with van der Waals surface area (Å²) < 4.78 is 22.3. The maximum atomic E-state index is 8.56. The van der Waals surface area contributed by atoms with Gasteiger partial charge < -0.3 is 24.1 Å². The summed E-state index contributed by atoms with van der Waals surface area (Å²) in [7, 11) is 0. The van der Waals surface area contributed by atoms with E-state index in [0.717, 1.165) is 17.8 Å². The number of ether oxygens (including phenoxy) is 4. The fourth-order valence-electron chi connectivity index (χ4n) is 4.61. The van der Waals surface area contributed by atoms with Crippen LogP contribution in [0.4, 0.5) is 0 Å². The van der Waals surface area contributed by atoms with E-state index >= 15 is 0 Å². The molecule has 142 valence electrons. The molecule has 0 radical (unpaired) electrons. The lowest BCUT2D eigenvalue weighted by molar-refractivity contribution is -0.113. The van der Waals surface area contributed by atoms with E-state index in [1.807, 2.05) is 0 Å². The molecule has 0 spiro atoms. The Hall–Kier alpha value is -0.200. The molecule has 0 aromatic rings. The predicted molar refractivity (Wildman–Crippen MR) is 93.1 cm³/mol. The third-order valence-corrected chi connectivity index (χ3v) is 5.24. The summed E-state index contributed by atoms with van der Waals surface area (Å²) in [5.74, 6) is 2.62. The van der Waals surface area contributed by atoms with Crippen molar-refractivity contribution in [3.8, 4) is 0 Å². The Labute approximate surface area is 147 Å². The van der Waals surface area contributed by atoms with Crippen molar-refractivity contribution in [3.63, 3.8) is 0 Å².